The predicted octanol–water partition coefficient (Wildman–Crippen LogP) is 6.17. The third kappa shape index (κ3) is 8.53. The lowest BCUT2D eigenvalue weighted by molar-refractivity contribution is 0.308. The molecule has 3 aromatic carbocycles. The molecule has 0 N–H and O–H groups in total. The van der Waals surface area contributed by atoms with Crippen molar-refractivity contribution in [2.24, 2.45) is 0 Å². The van der Waals surface area contributed by atoms with E-state index in [-0.39, 0.29) is 0 Å². The van der Waals surface area contributed by atoms with Crippen LogP contribution in [0.1, 0.15) is 37.3 Å². The van der Waals surface area contributed by atoms with E-state index in [1.165, 1.54) is 0 Å². The molecule has 0 radical (unpaired) electrons. The fourth-order valence-corrected chi connectivity index (χ4v) is 3.21. The Kier molecular flexibility index (Phi) is 10.1. The molecule has 0 aromatic heterocycles. The molecule has 3 aromatic rings. The zero-order valence-corrected chi connectivity index (χ0v) is 19.2. The van der Waals surface area contributed by atoms with Crippen molar-refractivity contribution in [2.45, 2.75) is 26.2 Å². The molecule has 0 spiro atoms. The molecule has 0 aliphatic carbocycles. The zero-order chi connectivity index (χ0) is 23.0. The van der Waals surface area contributed by atoms with Crippen LogP contribution in [0.15, 0.2) is 84.9 Å². The molecular formula is C31H29NO. The zero-order valence-electron chi connectivity index (χ0n) is 19.2. The van der Waals surface area contributed by atoms with Gasteiger partial charge in [0.2, 0.25) is 0 Å². The molecule has 0 fully saturated rings. The van der Waals surface area contributed by atoms with E-state index < -0.39 is 0 Å². The predicted molar refractivity (Wildman–Crippen MR) is 138 cm³/mol. The summed E-state index contributed by atoms with van der Waals surface area (Å²) in [6.07, 6.45) is 2.93. The lowest BCUT2D eigenvalue weighted by Gasteiger charge is -2.23. The number of anilines is 1. The number of ether oxygens (including phenoxy) is 1. The van der Waals surface area contributed by atoms with Crippen molar-refractivity contribution in [1.82, 2.24) is 0 Å². The number of hydrogen-bond acceptors (Lipinski definition) is 2. The van der Waals surface area contributed by atoms with Crippen LogP contribution in [-0.2, 0) is 0 Å². The van der Waals surface area contributed by atoms with Crippen molar-refractivity contribution in [3.05, 3.63) is 96.1 Å². The fourth-order valence-electron chi connectivity index (χ4n) is 3.21. The average molecular weight is 432 g/mol. The molecule has 0 bridgehead atoms. The molecule has 3 rings (SSSR count). The van der Waals surface area contributed by atoms with Crippen molar-refractivity contribution in [1.29, 1.82) is 0 Å². The van der Waals surface area contributed by atoms with Crippen molar-refractivity contribution in [3.63, 3.8) is 0 Å². The number of hydrogen-bond donors (Lipinski definition) is 0. The number of nitrogens with zero attached hydrogens (tertiary/aromatic N) is 1. The monoisotopic (exact) mass is 431 g/mol. The maximum Gasteiger partial charge on any atom is 0.142 e. The van der Waals surface area contributed by atoms with Gasteiger partial charge in [0, 0.05) is 17.5 Å². The van der Waals surface area contributed by atoms with Gasteiger partial charge in [0.25, 0.3) is 0 Å². The van der Waals surface area contributed by atoms with Gasteiger partial charge in [-0.25, -0.2) is 0 Å². The first-order valence-electron chi connectivity index (χ1n) is 11.3. The molecular weight excluding hydrogens is 402 g/mol. The third-order valence-corrected chi connectivity index (χ3v) is 4.89. The molecule has 0 unspecified atom stereocenters. The Morgan fingerprint density at radius 3 is 1.85 bits per heavy atom. The second-order valence-electron chi connectivity index (χ2n) is 7.39. The molecule has 0 aliphatic heterocycles. The molecule has 0 atom stereocenters. The van der Waals surface area contributed by atoms with Gasteiger partial charge in [-0.15, -0.1) is 11.8 Å². The molecule has 0 amide bonds. The van der Waals surface area contributed by atoms with Gasteiger partial charge in [0.1, 0.15) is 5.75 Å². The van der Waals surface area contributed by atoms with Crippen LogP contribution in [0.2, 0.25) is 0 Å². The van der Waals surface area contributed by atoms with E-state index in [0.717, 1.165) is 41.8 Å². The highest BCUT2D eigenvalue weighted by atomic mass is 16.5. The quantitative estimate of drug-likeness (QED) is 0.312. The molecule has 33 heavy (non-hydrogen) atoms. The van der Waals surface area contributed by atoms with Gasteiger partial charge in [-0.05, 0) is 56.2 Å². The van der Waals surface area contributed by atoms with Crippen molar-refractivity contribution in [2.75, 3.05) is 24.6 Å². The van der Waals surface area contributed by atoms with Gasteiger partial charge >= 0.3 is 0 Å². The highest BCUT2D eigenvalue weighted by Gasteiger charge is 2.10. The first kappa shape index (κ1) is 23.6. The summed E-state index contributed by atoms with van der Waals surface area (Å²) in [5.41, 5.74) is 3.02. The van der Waals surface area contributed by atoms with Crippen molar-refractivity contribution in [3.8, 4) is 41.3 Å². The van der Waals surface area contributed by atoms with E-state index in [1.807, 2.05) is 85.8 Å². The number of benzene rings is 3. The Labute approximate surface area is 198 Å². The largest absolute Gasteiger partial charge is 0.491 e. The molecule has 0 aliphatic rings. The lowest BCUT2D eigenvalue weighted by Crippen LogP contribution is -2.24. The lowest BCUT2D eigenvalue weighted by atomic mass is 10.2. The summed E-state index contributed by atoms with van der Waals surface area (Å²) < 4.78 is 6.14. The van der Waals surface area contributed by atoms with Crippen LogP contribution in [-0.4, -0.2) is 19.7 Å². The van der Waals surface area contributed by atoms with E-state index in [4.69, 9.17) is 4.74 Å². The summed E-state index contributed by atoms with van der Waals surface area (Å²) in [5, 5.41) is 0. The SMILES string of the molecule is CC#CCCCCOc1ccccc1N(CC#Cc1ccccc1)CC#Cc1ccccc1. The molecule has 2 nitrogen and oxygen atoms in total. The smallest absolute Gasteiger partial charge is 0.142 e. The minimum absolute atomic E-state index is 0.560. The van der Waals surface area contributed by atoms with Crippen LogP contribution < -0.4 is 9.64 Å². The summed E-state index contributed by atoms with van der Waals surface area (Å²) in [6.45, 7) is 3.67. The van der Waals surface area contributed by atoms with Crippen LogP contribution in [0, 0.1) is 35.5 Å². The first-order valence-corrected chi connectivity index (χ1v) is 11.3. The number of para-hydroxylation sites is 2. The van der Waals surface area contributed by atoms with Gasteiger partial charge in [-0.1, -0.05) is 72.2 Å². The van der Waals surface area contributed by atoms with E-state index in [1.54, 1.807) is 0 Å². The van der Waals surface area contributed by atoms with Gasteiger partial charge in [0.05, 0.1) is 25.4 Å². The van der Waals surface area contributed by atoms with Gasteiger partial charge in [0.15, 0.2) is 0 Å². The topological polar surface area (TPSA) is 12.5 Å². The van der Waals surface area contributed by atoms with E-state index in [9.17, 15) is 0 Å². The fraction of sp³-hybridized carbons (Fsp3) is 0.226. The standard InChI is InChI=1S/C31H29NO/c1-2-3-4-5-14-27-33-31-24-13-12-23-30(31)32(25-15-21-28-17-8-6-9-18-28)26-16-22-29-19-10-7-11-20-29/h6-13,17-20,23-24H,4-5,14,25-27H2,1H3. The molecule has 0 heterocycles. The third-order valence-electron chi connectivity index (χ3n) is 4.89. The highest BCUT2D eigenvalue weighted by Crippen LogP contribution is 2.28. The summed E-state index contributed by atoms with van der Waals surface area (Å²) in [4.78, 5) is 2.17. The Balaban J connectivity index is 1.74. The summed E-state index contributed by atoms with van der Waals surface area (Å²) in [6, 6.07) is 28.2. The number of rotatable bonds is 8. The van der Waals surface area contributed by atoms with Crippen LogP contribution in [0.5, 0.6) is 5.75 Å². The summed E-state index contributed by atoms with van der Waals surface area (Å²) >= 11 is 0. The van der Waals surface area contributed by atoms with Gasteiger partial charge in [-0.2, -0.15) is 0 Å². The highest BCUT2D eigenvalue weighted by molar-refractivity contribution is 5.60. The van der Waals surface area contributed by atoms with Gasteiger partial charge < -0.3 is 9.64 Å². The van der Waals surface area contributed by atoms with Crippen LogP contribution >= 0.6 is 0 Å². The summed E-state index contributed by atoms with van der Waals surface area (Å²) in [7, 11) is 0. The Hall–Kier alpha value is -4.06. The Morgan fingerprint density at radius 1 is 0.667 bits per heavy atom. The average Bonchev–Trinajstić information content (AvgIpc) is 2.87. The van der Waals surface area contributed by atoms with Crippen LogP contribution in [0.3, 0.4) is 0 Å². The van der Waals surface area contributed by atoms with Crippen molar-refractivity contribution < 1.29 is 4.74 Å². The van der Waals surface area contributed by atoms with E-state index >= 15 is 0 Å². The Morgan fingerprint density at radius 2 is 1.24 bits per heavy atom. The maximum absolute atomic E-state index is 6.14. The normalized spacial score (nSPS) is 9.36. The molecule has 0 saturated heterocycles. The van der Waals surface area contributed by atoms with Crippen molar-refractivity contribution >= 4 is 5.69 Å². The Bertz CT molecular complexity index is 1110. The summed E-state index contributed by atoms with van der Waals surface area (Å²) in [5.74, 6) is 20.0. The molecule has 2 heteroatoms. The first-order chi connectivity index (χ1) is 16.4. The number of unbranched alkanes of at least 4 members (excludes halogenated alkanes) is 2. The second kappa shape index (κ2) is 14.1. The van der Waals surface area contributed by atoms with Gasteiger partial charge in [-0.3, -0.25) is 0 Å². The van der Waals surface area contributed by atoms with E-state index in [0.29, 0.717) is 19.7 Å². The van der Waals surface area contributed by atoms with E-state index in [2.05, 4.69) is 46.5 Å². The molecule has 0 saturated carbocycles. The minimum Gasteiger partial charge on any atom is -0.491 e. The van der Waals surface area contributed by atoms with Crippen LogP contribution in [0.25, 0.3) is 0 Å². The van der Waals surface area contributed by atoms with Crippen LogP contribution in [0.4, 0.5) is 5.69 Å². The maximum atomic E-state index is 6.14. The molecule has 164 valence electrons. The second-order valence-corrected chi connectivity index (χ2v) is 7.39. The minimum atomic E-state index is 0.560.